The summed E-state index contributed by atoms with van der Waals surface area (Å²) in [6.45, 7) is 0.330. The fraction of sp³-hybridized carbons (Fsp3) is 0.833. The molecule has 2 fully saturated rings. The summed E-state index contributed by atoms with van der Waals surface area (Å²) in [5.41, 5.74) is -4.31. The SMILES string of the molecule is CC(C1CC2C=CC3CC231)(C(F)(F)F)C(F)(F)F. The molecule has 0 heterocycles. The highest BCUT2D eigenvalue weighted by molar-refractivity contribution is 5.34. The van der Waals surface area contributed by atoms with Crippen molar-refractivity contribution in [1.82, 2.24) is 0 Å². The first-order valence-corrected chi connectivity index (χ1v) is 5.87. The first kappa shape index (κ1) is 12.4. The van der Waals surface area contributed by atoms with Gasteiger partial charge in [-0.3, -0.25) is 0 Å². The number of rotatable bonds is 1. The van der Waals surface area contributed by atoms with E-state index < -0.39 is 29.1 Å². The molecule has 0 saturated heterocycles. The van der Waals surface area contributed by atoms with Crippen LogP contribution in [-0.4, -0.2) is 12.4 Å². The molecule has 18 heavy (non-hydrogen) atoms. The molecule has 3 aliphatic carbocycles. The van der Waals surface area contributed by atoms with Gasteiger partial charge in [0, 0.05) is 0 Å². The standard InChI is InChI=1S/C12H12F6/c1-9(11(13,14)15,12(16,17)18)8-4-6-2-3-7-5-10(6,7)8/h2-3,6-8H,4-5H2,1H3. The van der Waals surface area contributed by atoms with E-state index in [9.17, 15) is 26.3 Å². The minimum absolute atomic E-state index is 0.00250. The Morgan fingerprint density at radius 2 is 1.44 bits per heavy atom. The molecule has 0 amide bonds. The predicted octanol–water partition coefficient (Wildman–Crippen LogP) is 4.33. The van der Waals surface area contributed by atoms with Crippen molar-refractivity contribution in [2.24, 2.45) is 28.6 Å². The molecular formula is C12H12F6. The minimum atomic E-state index is -5.24. The molecule has 0 radical (unpaired) electrons. The van der Waals surface area contributed by atoms with Gasteiger partial charge in [-0.1, -0.05) is 12.2 Å². The van der Waals surface area contributed by atoms with E-state index >= 15 is 0 Å². The molecular weight excluding hydrogens is 258 g/mol. The molecule has 2 saturated carbocycles. The fourth-order valence-corrected chi connectivity index (χ4v) is 4.04. The molecule has 0 aromatic rings. The van der Waals surface area contributed by atoms with Crippen LogP contribution in [0.1, 0.15) is 19.8 Å². The smallest absolute Gasteiger partial charge is 0.170 e. The van der Waals surface area contributed by atoms with Crippen LogP contribution in [0.25, 0.3) is 0 Å². The second-order valence-electron chi connectivity index (χ2n) is 5.90. The Morgan fingerprint density at radius 3 is 1.83 bits per heavy atom. The average molecular weight is 270 g/mol. The van der Waals surface area contributed by atoms with E-state index in [1.54, 1.807) is 12.2 Å². The third-order valence-electron chi connectivity index (χ3n) is 5.38. The number of halogens is 6. The summed E-state index contributed by atoms with van der Waals surface area (Å²) in [6, 6.07) is 0. The Labute approximate surface area is 100 Å². The molecule has 3 rings (SSSR count). The predicted molar refractivity (Wildman–Crippen MR) is 51.5 cm³/mol. The molecule has 0 bridgehead atoms. The van der Waals surface area contributed by atoms with E-state index in [1.807, 2.05) is 0 Å². The van der Waals surface area contributed by atoms with Gasteiger partial charge in [-0.2, -0.15) is 26.3 Å². The van der Waals surface area contributed by atoms with Crippen LogP contribution in [0.4, 0.5) is 26.3 Å². The number of alkyl halides is 6. The highest BCUT2D eigenvalue weighted by Gasteiger charge is 2.82. The quantitative estimate of drug-likeness (QED) is 0.491. The maximum Gasteiger partial charge on any atom is 0.403 e. The van der Waals surface area contributed by atoms with E-state index in [-0.39, 0.29) is 18.3 Å². The molecule has 102 valence electrons. The molecule has 0 N–H and O–H groups in total. The van der Waals surface area contributed by atoms with E-state index in [2.05, 4.69) is 0 Å². The second kappa shape index (κ2) is 2.90. The van der Waals surface area contributed by atoms with Crippen LogP contribution in [0.3, 0.4) is 0 Å². The van der Waals surface area contributed by atoms with Gasteiger partial charge in [-0.25, -0.2) is 0 Å². The van der Waals surface area contributed by atoms with Gasteiger partial charge in [0.05, 0.1) is 0 Å². The maximum absolute atomic E-state index is 13.0. The lowest BCUT2D eigenvalue weighted by Crippen LogP contribution is -2.60. The lowest BCUT2D eigenvalue weighted by atomic mass is 9.52. The van der Waals surface area contributed by atoms with E-state index in [4.69, 9.17) is 0 Å². The third-order valence-corrected chi connectivity index (χ3v) is 5.38. The summed E-state index contributed by atoms with van der Waals surface area (Å²) >= 11 is 0. The summed E-state index contributed by atoms with van der Waals surface area (Å²) < 4.78 is 77.9. The minimum Gasteiger partial charge on any atom is -0.170 e. The zero-order valence-electron chi connectivity index (χ0n) is 9.57. The summed E-state index contributed by atoms with van der Waals surface area (Å²) in [6.07, 6.45) is -6.42. The van der Waals surface area contributed by atoms with Gasteiger partial charge >= 0.3 is 12.4 Å². The van der Waals surface area contributed by atoms with Crippen molar-refractivity contribution in [1.29, 1.82) is 0 Å². The lowest BCUT2D eigenvalue weighted by Gasteiger charge is -2.53. The summed E-state index contributed by atoms with van der Waals surface area (Å²) in [4.78, 5) is 0. The molecule has 6 heteroatoms. The Morgan fingerprint density at radius 1 is 0.944 bits per heavy atom. The van der Waals surface area contributed by atoms with Gasteiger partial charge < -0.3 is 0 Å². The maximum atomic E-state index is 13.0. The zero-order valence-corrected chi connectivity index (χ0v) is 9.57. The Hall–Kier alpha value is -0.680. The molecule has 0 aromatic heterocycles. The van der Waals surface area contributed by atoms with Crippen LogP contribution in [-0.2, 0) is 0 Å². The highest BCUT2D eigenvalue weighted by atomic mass is 19.4. The van der Waals surface area contributed by atoms with Crippen molar-refractivity contribution in [3.8, 4) is 0 Å². The van der Waals surface area contributed by atoms with Crippen LogP contribution in [0.2, 0.25) is 0 Å². The highest BCUT2D eigenvalue weighted by Crippen LogP contribution is 2.81. The van der Waals surface area contributed by atoms with Crippen molar-refractivity contribution in [3.63, 3.8) is 0 Å². The molecule has 1 spiro atoms. The third kappa shape index (κ3) is 1.11. The van der Waals surface area contributed by atoms with E-state index in [0.717, 1.165) is 0 Å². The molecule has 4 atom stereocenters. The van der Waals surface area contributed by atoms with Gasteiger partial charge in [0.15, 0.2) is 5.41 Å². The second-order valence-corrected chi connectivity index (χ2v) is 5.90. The Balaban J connectivity index is 1.98. The van der Waals surface area contributed by atoms with Crippen LogP contribution < -0.4 is 0 Å². The molecule has 0 aromatic carbocycles. The Bertz CT molecular complexity index is 403. The summed E-state index contributed by atoms with van der Waals surface area (Å²) in [5, 5.41) is 0. The summed E-state index contributed by atoms with van der Waals surface area (Å²) in [7, 11) is 0. The van der Waals surface area contributed by atoms with Gasteiger partial charge in [0.25, 0.3) is 0 Å². The molecule has 0 aliphatic heterocycles. The van der Waals surface area contributed by atoms with Gasteiger partial charge in [0.1, 0.15) is 0 Å². The first-order valence-electron chi connectivity index (χ1n) is 5.87. The topological polar surface area (TPSA) is 0 Å². The van der Waals surface area contributed by atoms with Gasteiger partial charge in [-0.15, -0.1) is 0 Å². The fourth-order valence-electron chi connectivity index (χ4n) is 4.04. The Kier molecular flexibility index (Phi) is 1.99. The van der Waals surface area contributed by atoms with Crippen molar-refractivity contribution in [2.75, 3.05) is 0 Å². The van der Waals surface area contributed by atoms with Crippen molar-refractivity contribution >= 4 is 0 Å². The van der Waals surface area contributed by atoms with Crippen LogP contribution in [0.15, 0.2) is 12.2 Å². The van der Waals surface area contributed by atoms with Crippen LogP contribution in [0.5, 0.6) is 0 Å². The molecule has 0 nitrogen and oxygen atoms in total. The van der Waals surface area contributed by atoms with E-state index in [1.165, 1.54) is 0 Å². The summed E-state index contributed by atoms with van der Waals surface area (Å²) in [5.74, 6) is -1.46. The monoisotopic (exact) mass is 270 g/mol. The molecule has 3 aliphatic rings. The van der Waals surface area contributed by atoms with Crippen molar-refractivity contribution in [3.05, 3.63) is 12.2 Å². The van der Waals surface area contributed by atoms with Crippen LogP contribution >= 0.6 is 0 Å². The van der Waals surface area contributed by atoms with Crippen LogP contribution in [0, 0.1) is 28.6 Å². The number of hydrogen-bond donors (Lipinski definition) is 0. The first-order chi connectivity index (χ1) is 8.05. The average Bonchev–Trinajstić information content (AvgIpc) is 2.83. The van der Waals surface area contributed by atoms with Gasteiger partial charge in [-0.05, 0) is 42.9 Å². The number of allylic oxidation sites excluding steroid dienone is 2. The molecule has 4 unspecified atom stereocenters. The van der Waals surface area contributed by atoms with Gasteiger partial charge in [0.2, 0.25) is 0 Å². The van der Waals surface area contributed by atoms with Crippen molar-refractivity contribution < 1.29 is 26.3 Å². The van der Waals surface area contributed by atoms with E-state index in [0.29, 0.717) is 13.3 Å². The van der Waals surface area contributed by atoms with Crippen molar-refractivity contribution in [2.45, 2.75) is 32.1 Å². The zero-order chi connectivity index (χ0) is 13.6. The largest absolute Gasteiger partial charge is 0.403 e. The normalized spacial score (nSPS) is 42.3. The lowest BCUT2D eigenvalue weighted by molar-refractivity contribution is -0.370. The number of hydrogen-bond acceptors (Lipinski definition) is 0.